The molecule has 0 spiro atoms. The number of aryl methyl sites for hydroxylation is 1. The molecule has 0 aromatic carbocycles. The Morgan fingerprint density at radius 2 is 1.86 bits per heavy atom. The first kappa shape index (κ1) is 20.8. The molecule has 2 aliphatic rings. The van der Waals surface area contributed by atoms with E-state index in [1.165, 1.54) is 6.42 Å². The maximum Gasteiger partial charge on any atom is 0.239 e. The maximum atomic E-state index is 12.9. The second kappa shape index (κ2) is 9.05. The summed E-state index contributed by atoms with van der Waals surface area (Å²) in [6.07, 6.45) is 1.20. The summed E-state index contributed by atoms with van der Waals surface area (Å²) in [5.74, 6) is 2.41. The molecule has 0 radical (unpaired) electrons. The van der Waals surface area contributed by atoms with Crippen LogP contribution in [0.1, 0.15) is 33.0 Å². The van der Waals surface area contributed by atoms with Gasteiger partial charge in [0, 0.05) is 45.3 Å². The lowest BCUT2D eigenvalue weighted by molar-refractivity contribution is -0.140. The van der Waals surface area contributed by atoms with E-state index in [2.05, 4.69) is 34.1 Å². The number of likely N-dealkylation sites (tertiary alicyclic amines) is 1. The van der Waals surface area contributed by atoms with E-state index in [1.807, 2.05) is 11.8 Å². The van der Waals surface area contributed by atoms with Gasteiger partial charge < -0.3 is 14.7 Å². The van der Waals surface area contributed by atoms with Crippen LogP contribution in [0.5, 0.6) is 0 Å². The minimum atomic E-state index is -0.105. The van der Waals surface area contributed by atoms with Gasteiger partial charge in [0.2, 0.25) is 11.8 Å². The molecule has 28 heavy (non-hydrogen) atoms. The summed E-state index contributed by atoms with van der Waals surface area (Å²) in [6.45, 7) is 13.5. The van der Waals surface area contributed by atoms with Crippen LogP contribution in [0.3, 0.4) is 0 Å². The van der Waals surface area contributed by atoms with E-state index in [-0.39, 0.29) is 17.9 Å². The van der Waals surface area contributed by atoms with E-state index in [0.717, 1.165) is 39.3 Å². The SMILES string of the molecule is Cc1cc(NC(=O)CN2CCN(C(C)C(=O)N3CC(C)CC(C)C3)CC2)no1. The number of carbonyl (C=O) groups is 2. The molecule has 3 rings (SSSR count). The topological polar surface area (TPSA) is 81.9 Å². The Balaban J connectivity index is 1.44. The molecule has 1 aromatic rings. The standard InChI is InChI=1S/C20H33N5O3/c1-14-9-15(2)12-25(11-14)20(27)17(4)24-7-5-23(6-8-24)13-19(26)21-18-10-16(3)28-22-18/h10,14-15,17H,5-9,11-13H2,1-4H3,(H,21,22,26). The van der Waals surface area contributed by atoms with Gasteiger partial charge in [-0.3, -0.25) is 19.4 Å². The number of carbonyl (C=O) groups excluding carboxylic acids is 2. The molecule has 3 unspecified atom stereocenters. The molecule has 2 fully saturated rings. The molecule has 2 saturated heterocycles. The number of nitrogens with zero attached hydrogens (tertiary/aromatic N) is 4. The van der Waals surface area contributed by atoms with Crippen molar-refractivity contribution in [3.8, 4) is 0 Å². The van der Waals surface area contributed by atoms with Gasteiger partial charge in [0.15, 0.2) is 5.82 Å². The summed E-state index contributed by atoms with van der Waals surface area (Å²) in [4.78, 5) is 31.5. The van der Waals surface area contributed by atoms with Gasteiger partial charge in [-0.25, -0.2) is 0 Å². The summed E-state index contributed by atoms with van der Waals surface area (Å²) in [6, 6.07) is 1.59. The van der Waals surface area contributed by atoms with Crippen LogP contribution in [0.25, 0.3) is 0 Å². The van der Waals surface area contributed by atoms with Crippen LogP contribution in [0.15, 0.2) is 10.6 Å². The van der Waals surface area contributed by atoms with E-state index >= 15 is 0 Å². The van der Waals surface area contributed by atoms with Crippen LogP contribution in [0, 0.1) is 18.8 Å². The predicted octanol–water partition coefficient (Wildman–Crippen LogP) is 1.43. The van der Waals surface area contributed by atoms with Gasteiger partial charge in [0.25, 0.3) is 0 Å². The fraction of sp³-hybridized carbons (Fsp3) is 0.750. The summed E-state index contributed by atoms with van der Waals surface area (Å²) >= 11 is 0. The Hall–Kier alpha value is -1.93. The molecule has 2 amide bonds. The number of rotatable bonds is 5. The third kappa shape index (κ3) is 5.32. The zero-order valence-corrected chi connectivity index (χ0v) is 17.5. The number of aromatic nitrogens is 1. The van der Waals surface area contributed by atoms with E-state index in [0.29, 0.717) is 30.0 Å². The molecular weight excluding hydrogens is 358 g/mol. The molecule has 1 aromatic heterocycles. The van der Waals surface area contributed by atoms with Gasteiger partial charge in [0.1, 0.15) is 5.76 Å². The highest BCUT2D eigenvalue weighted by molar-refractivity contribution is 5.91. The highest BCUT2D eigenvalue weighted by atomic mass is 16.5. The second-order valence-corrected chi connectivity index (χ2v) is 8.55. The highest BCUT2D eigenvalue weighted by Crippen LogP contribution is 2.22. The Morgan fingerprint density at radius 3 is 2.43 bits per heavy atom. The van der Waals surface area contributed by atoms with Crippen molar-refractivity contribution in [1.82, 2.24) is 19.9 Å². The molecular formula is C20H33N5O3. The van der Waals surface area contributed by atoms with Crippen LogP contribution in [0.4, 0.5) is 5.82 Å². The average molecular weight is 392 g/mol. The van der Waals surface area contributed by atoms with Gasteiger partial charge in [-0.2, -0.15) is 0 Å². The van der Waals surface area contributed by atoms with Gasteiger partial charge in [-0.05, 0) is 32.1 Å². The van der Waals surface area contributed by atoms with Gasteiger partial charge in [-0.1, -0.05) is 19.0 Å². The molecule has 0 saturated carbocycles. The molecule has 3 heterocycles. The van der Waals surface area contributed by atoms with Crippen LogP contribution < -0.4 is 5.32 Å². The molecule has 2 aliphatic heterocycles. The number of nitrogens with one attached hydrogen (secondary N) is 1. The lowest BCUT2D eigenvalue weighted by Gasteiger charge is -2.41. The predicted molar refractivity (Wildman–Crippen MR) is 107 cm³/mol. The zero-order valence-electron chi connectivity index (χ0n) is 17.5. The number of amides is 2. The fourth-order valence-corrected chi connectivity index (χ4v) is 4.38. The molecule has 0 bridgehead atoms. The monoisotopic (exact) mass is 391 g/mol. The first-order chi connectivity index (χ1) is 13.3. The Labute approximate surface area is 167 Å². The summed E-state index contributed by atoms with van der Waals surface area (Å²) in [5.41, 5.74) is 0. The molecule has 156 valence electrons. The molecule has 0 aliphatic carbocycles. The molecule has 8 heteroatoms. The van der Waals surface area contributed by atoms with E-state index in [4.69, 9.17) is 4.52 Å². The van der Waals surface area contributed by atoms with E-state index in [9.17, 15) is 9.59 Å². The summed E-state index contributed by atoms with van der Waals surface area (Å²) in [5, 5.41) is 6.54. The van der Waals surface area contributed by atoms with Crippen molar-refractivity contribution >= 4 is 17.6 Å². The highest BCUT2D eigenvalue weighted by Gasteiger charge is 2.32. The number of piperidine rings is 1. The normalized spacial score (nSPS) is 25.5. The van der Waals surface area contributed by atoms with Crippen molar-refractivity contribution in [1.29, 1.82) is 0 Å². The van der Waals surface area contributed by atoms with Gasteiger partial charge in [0.05, 0.1) is 12.6 Å². The Morgan fingerprint density at radius 1 is 1.21 bits per heavy atom. The Kier molecular flexibility index (Phi) is 6.72. The number of piperazine rings is 1. The minimum absolute atomic E-state index is 0.0952. The summed E-state index contributed by atoms with van der Waals surface area (Å²) in [7, 11) is 0. The lowest BCUT2D eigenvalue weighted by Crippen LogP contribution is -2.56. The summed E-state index contributed by atoms with van der Waals surface area (Å²) < 4.78 is 4.96. The number of hydrogen-bond acceptors (Lipinski definition) is 6. The third-order valence-corrected chi connectivity index (χ3v) is 5.76. The Bertz CT molecular complexity index is 673. The number of anilines is 1. The van der Waals surface area contributed by atoms with E-state index in [1.54, 1.807) is 13.0 Å². The van der Waals surface area contributed by atoms with E-state index < -0.39 is 0 Å². The van der Waals surface area contributed by atoms with Gasteiger partial charge in [-0.15, -0.1) is 0 Å². The molecule has 1 N–H and O–H groups in total. The maximum absolute atomic E-state index is 12.9. The molecule has 3 atom stereocenters. The smallest absolute Gasteiger partial charge is 0.239 e. The quantitative estimate of drug-likeness (QED) is 0.818. The average Bonchev–Trinajstić information content (AvgIpc) is 3.04. The van der Waals surface area contributed by atoms with Crippen molar-refractivity contribution in [3.05, 3.63) is 11.8 Å². The zero-order chi connectivity index (χ0) is 20.3. The van der Waals surface area contributed by atoms with Crippen molar-refractivity contribution in [2.24, 2.45) is 11.8 Å². The van der Waals surface area contributed by atoms with Crippen molar-refractivity contribution in [2.75, 3.05) is 51.1 Å². The third-order valence-electron chi connectivity index (χ3n) is 5.76. The van der Waals surface area contributed by atoms with Crippen molar-refractivity contribution in [2.45, 2.75) is 40.2 Å². The van der Waals surface area contributed by atoms with Gasteiger partial charge >= 0.3 is 0 Å². The van der Waals surface area contributed by atoms with Crippen LogP contribution in [-0.4, -0.2) is 83.5 Å². The first-order valence-corrected chi connectivity index (χ1v) is 10.3. The molecule has 8 nitrogen and oxygen atoms in total. The largest absolute Gasteiger partial charge is 0.360 e. The van der Waals surface area contributed by atoms with Crippen LogP contribution in [-0.2, 0) is 9.59 Å². The van der Waals surface area contributed by atoms with Crippen molar-refractivity contribution < 1.29 is 14.1 Å². The van der Waals surface area contributed by atoms with Crippen LogP contribution in [0.2, 0.25) is 0 Å². The second-order valence-electron chi connectivity index (χ2n) is 8.55. The lowest BCUT2D eigenvalue weighted by atomic mass is 9.91. The first-order valence-electron chi connectivity index (χ1n) is 10.3. The number of hydrogen-bond donors (Lipinski definition) is 1. The minimum Gasteiger partial charge on any atom is -0.360 e. The van der Waals surface area contributed by atoms with Crippen molar-refractivity contribution in [3.63, 3.8) is 0 Å². The van der Waals surface area contributed by atoms with Crippen LogP contribution >= 0.6 is 0 Å². The fourth-order valence-electron chi connectivity index (χ4n) is 4.38.